The molecule has 1 atom stereocenters. The summed E-state index contributed by atoms with van der Waals surface area (Å²) in [4.78, 5) is 23.5. The molecule has 134 valence electrons. The average molecular weight is 343 g/mol. The fourth-order valence-electron chi connectivity index (χ4n) is 3.36. The van der Waals surface area contributed by atoms with Crippen molar-refractivity contribution in [3.8, 4) is 6.01 Å². The molecule has 0 bridgehead atoms. The van der Waals surface area contributed by atoms with Gasteiger partial charge in [0.25, 0.3) is 5.91 Å². The number of amides is 1. The largest absolute Gasteiger partial charge is 0.458 e. The molecule has 0 spiro atoms. The smallest absolute Gasteiger partial charge is 0.317 e. The maximum Gasteiger partial charge on any atom is 0.317 e. The Morgan fingerprint density at radius 2 is 1.88 bits per heavy atom. The number of hydrogen-bond donors (Lipinski definition) is 0. The van der Waals surface area contributed by atoms with E-state index in [4.69, 9.17) is 4.74 Å². The van der Waals surface area contributed by atoms with Crippen LogP contribution in [0.1, 0.15) is 46.0 Å². The zero-order valence-electron chi connectivity index (χ0n) is 15.5. The lowest BCUT2D eigenvalue weighted by Gasteiger charge is -2.32. The zero-order valence-corrected chi connectivity index (χ0v) is 15.5. The van der Waals surface area contributed by atoms with Crippen LogP contribution in [-0.4, -0.2) is 49.7 Å². The molecule has 0 aromatic carbocycles. The molecule has 25 heavy (non-hydrogen) atoms. The number of piperidine rings is 1. The first-order valence-electron chi connectivity index (χ1n) is 8.63. The van der Waals surface area contributed by atoms with Crippen molar-refractivity contribution in [3.63, 3.8) is 0 Å². The Hall–Kier alpha value is -2.44. The molecular weight excluding hydrogens is 318 g/mol. The first-order chi connectivity index (χ1) is 11.8. The Kier molecular flexibility index (Phi) is 4.74. The first kappa shape index (κ1) is 17.4. The number of rotatable bonds is 3. The molecule has 3 heterocycles. The van der Waals surface area contributed by atoms with Gasteiger partial charge in [0.05, 0.1) is 17.8 Å². The molecule has 2 aromatic heterocycles. The van der Waals surface area contributed by atoms with Crippen LogP contribution < -0.4 is 4.74 Å². The van der Waals surface area contributed by atoms with Gasteiger partial charge in [-0.25, -0.2) is 9.97 Å². The van der Waals surface area contributed by atoms with Gasteiger partial charge >= 0.3 is 6.01 Å². The van der Waals surface area contributed by atoms with Gasteiger partial charge in [0, 0.05) is 30.7 Å². The van der Waals surface area contributed by atoms with Crippen LogP contribution in [0.5, 0.6) is 6.01 Å². The zero-order chi connectivity index (χ0) is 18.1. The van der Waals surface area contributed by atoms with Gasteiger partial charge in [-0.05, 0) is 46.6 Å². The van der Waals surface area contributed by atoms with E-state index in [0.717, 1.165) is 42.2 Å². The Balaban J connectivity index is 1.73. The SMILES string of the molecule is Cc1cc(C)nc(OC2CCCN(C(=O)c3c(C)nn(C)c3C)C2)n1. The third-order valence-corrected chi connectivity index (χ3v) is 4.62. The summed E-state index contributed by atoms with van der Waals surface area (Å²) in [5.74, 6) is 0.0257. The minimum atomic E-state index is -0.0869. The summed E-state index contributed by atoms with van der Waals surface area (Å²) in [6.45, 7) is 8.93. The third-order valence-electron chi connectivity index (χ3n) is 4.62. The number of nitrogens with zero attached hydrogens (tertiary/aromatic N) is 5. The van der Waals surface area contributed by atoms with Crippen LogP contribution >= 0.6 is 0 Å². The Morgan fingerprint density at radius 1 is 1.20 bits per heavy atom. The molecule has 1 saturated heterocycles. The predicted molar refractivity (Wildman–Crippen MR) is 93.7 cm³/mol. The molecule has 0 N–H and O–H groups in total. The van der Waals surface area contributed by atoms with Gasteiger partial charge in [0.2, 0.25) is 0 Å². The highest BCUT2D eigenvalue weighted by molar-refractivity contribution is 5.96. The standard InChI is InChI=1S/C18H25N5O2/c1-11-9-12(2)20-18(19-11)25-15-7-6-8-23(10-15)17(24)16-13(3)21-22(5)14(16)4/h9,15H,6-8,10H2,1-5H3. The lowest BCUT2D eigenvalue weighted by molar-refractivity contribution is 0.0513. The van der Waals surface area contributed by atoms with Crippen molar-refractivity contribution in [2.75, 3.05) is 13.1 Å². The molecule has 7 heteroatoms. The van der Waals surface area contributed by atoms with Gasteiger partial charge in [0.1, 0.15) is 6.10 Å². The maximum absolute atomic E-state index is 12.9. The van der Waals surface area contributed by atoms with Gasteiger partial charge in [-0.3, -0.25) is 9.48 Å². The van der Waals surface area contributed by atoms with Crippen LogP contribution in [-0.2, 0) is 7.05 Å². The van der Waals surface area contributed by atoms with Crippen molar-refractivity contribution >= 4 is 5.91 Å². The number of hydrogen-bond acceptors (Lipinski definition) is 5. The number of likely N-dealkylation sites (tertiary alicyclic amines) is 1. The van der Waals surface area contributed by atoms with E-state index in [1.165, 1.54) is 0 Å². The Bertz CT molecular complexity index is 779. The van der Waals surface area contributed by atoms with E-state index >= 15 is 0 Å². The minimum absolute atomic E-state index is 0.0257. The minimum Gasteiger partial charge on any atom is -0.458 e. The highest BCUT2D eigenvalue weighted by Crippen LogP contribution is 2.21. The molecule has 0 saturated carbocycles. The molecular formula is C18H25N5O2. The molecule has 0 aliphatic carbocycles. The van der Waals surface area contributed by atoms with Crippen LogP contribution in [0.15, 0.2) is 6.07 Å². The summed E-state index contributed by atoms with van der Waals surface area (Å²) < 4.78 is 7.72. The molecule has 1 aliphatic heterocycles. The number of aryl methyl sites for hydroxylation is 4. The van der Waals surface area contributed by atoms with Crippen LogP contribution in [0.4, 0.5) is 0 Å². The quantitative estimate of drug-likeness (QED) is 0.853. The second kappa shape index (κ2) is 6.82. The van der Waals surface area contributed by atoms with Gasteiger partial charge in [-0.1, -0.05) is 0 Å². The topological polar surface area (TPSA) is 73.1 Å². The van der Waals surface area contributed by atoms with Crippen molar-refractivity contribution in [2.45, 2.75) is 46.6 Å². The van der Waals surface area contributed by atoms with Crippen LogP contribution in [0.25, 0.3) is 0 Å². The van der Waals surface area contributed by atoms with E-state index in [1.54, 1.807) is 4.68 Å². The highest BCUT2D eigenvalue weighted by Gasteiger charge is 2.29. The van der Waals surface area contributed by atoms with Gasteiger partial charge in [-0.2, -0.15) is 5.10 Å². The summed E-state index contributed by atoms with van der Waals surface area (Å²) >= 11 is 0. The van der Waals surface area contributed by atoms with E-state index in [-0.39, 0.29) is 12.0 Å². The van der Waals surface area contributed by atoms with Crippen molar-refractivity contribution in [2.24, 2.45) is 7.05 Å². The van der Waals surface area contributed by atoms with Gasteiger partial charge in [0.15, 0.2) is 0 Å². The molecule has 1 amide bonds. The number of carbonyl (C=O) groups excluding carboxylic acids is 1. The Morgan fingerprint density at radius 3 is 2.48 bits per heavy atom. The summed E-state index contributed by atoms with van der Waals surface area (Å²) in [6.07, 6.45) is 1.71. The monoisotopic (exact) mass is 343 g/mol. The van der Waals surface area contributed by atoms with E-state index in [2.05, 4.69) is 15.1 Å². The molecule has 2 aromatic rings. The number of carbonyl (C=O) groups is 1. The number of ether oxygens (including phenoxy) is 1. The summed E-state index contributed by atoms with van der Waals surface area (Å²) in [7, 11) is 1.86. The van der Waals surface area contributed by atoms with E-state index in [1.807, 2.05) is 45.7 Å². The van der Waals surface area contributed by atoms with Crippen LogP contribution in [0, 0.1) is 27.7 Å². The molecule has 1 aliphatic rings. The summed E-state index contributed by atoms with van der Waals surface area (Å²) in [5.41, 5.74) is 4.13. The molecule has 3 rings (SSSR count). The van der Waals surface area contributed by atoms with Crippen molar-refractivity contribution in [1.29, 1.82) is 0 Å². The van der Waals surface area contributed by atoms with Crippen molar-refractivity contribution in [1.82, 2.24) is 24.6 Å². The second-order valence-electron chi connectivity index (χ2n) is 6.74. The van der Waals surface area contributed by atoms with Gasteiger partial charge in [-0.15, -0.1) is 0 Å². The normalized spacial score (nSPS) is 17.6. The highest BCUT2D eigenvalue weighted by atomic mass is 16.5. The fraction of sp³-hybridized carbons (Fsp3) is 0.556. The van der Waals surface area contributed by atoms with Gasteiger partial charge < -0.3 is 9.64 Å². The second-order valence-corrected chi connectivity index (χ2v) is 6.74. The third kappa shape index (κ3) is 3.65. The number of aromatic nitrogens is 4. The molecule has 1 unspecified atom stereocenters. The molecule has 0 radical (unpaired) electrons. The fourth-order valence-corrected chi connectivity index (χ4v) is 3.36. The average Bonchev–Trinajstić information content (AvgIpc) is 2.78. The maximum atomic E-state index is 12.9. The molecule has 1 fully saturated rings. The lowest BCUT2D eigenvalue weighted by Crippen LogP contribution is -2.44. The lowest BCUT2D eigenvalue weighted by atomic mass is 10.1. The Labute approximate surface area is 148 Å². The van der Waals surface area contributed by atoms with E-state index < -0.39 is 0 Å². The van der Waals surface area contributed by atoms with Crippen molar-refractivity contribution < 1.29 is 9.53 Å². The summed E-state index contributed by atoms with van der Waals surface area (Å²) in [5, 5.41) is 4.35. The molecule has 7 nitrogen and oxygen atoms in total. The van der Waals surface area contributed by atoms with E-state index in [0.29, 0.717) is 18.1 Å². The van der Waals surface area contributed by atoms with E-state index in [9.17, 15) is 4.79 Å². The van der Waals surface area contributed by atoms with Crippen LogP contribution in [0.2, 0.25) is 0 Å². The summed E-state index contributed by atoms with van der Waals surface area (Å²) in [6, 6.07) is 2.31. The van der Waals surface area contributed by atoms with Crippen LogP contribution in [0.3, 0.4) is 0 Å². The predicted octanol–water partition coefficient (Wildman–Crippen LogP) is 2.13. The van der Waals surface area contributed by atoms with Crippen molar-refractivity contribution in [3.05, 3.63) is 34.4 Å². The first-order valence-corrected chi connectivity index (χ1v) is 8.63.